The van der Waals surface area contributed by atoms with E-state index in [-0.39, 0.29) is 17.3 Å². The molecular weight excluding hydrogens is 372 g/mol. The zero-order valence-corrected chi connectivity index (χ0v) is 17.0. The number of thiophene rings is 1. The smallest absolute Gasteiger partial charge is 0.182 e. The molecular formula is C22H24N2O3S. The van der Waals surface area contributed by atoms with Crippen molar-refractivity contribution < 1.29 is 15.0 Å². The molecule has 146 valence electrons. The number of carbonyl (C=O) groups is 1. The third-order valence-electron chi connectivity index (χ3n) is 6.15. The second-order valence-corrected chi connectivity index (χ2v) is 9.15. The number of ketones is 1. The molecule has 0 radical (unpaired) electrons. The van der Waals surface area contributed by atoms with Crippen molar-refractivity contribution in [2.75, 3.05) is 37.0 Å². The summed E-state index contributed by atoms with van der Waals surface area (Å²) < 4.78 is 0. The molecule has 3 heterocycles. The number of hydrogen-bond acceptors (Lipinski definition) is 6. The maximum absolute atomic E-state index is 13.0. The maximum Gasteiger partial charge on any atom is 0.182 e. The number of carbonyl (C=O) groups excluding carboxylic acids is 1. The number of rotatable bonds is 3. The molecule has 5 rings (SSSR count). The van der Waals surface area contributed by atoms with E-state index >= 15 is 0 Å². The van der Waals surface area contributed by atoms with Gasteiger partial charge in [-0.1, -0.05) is 0 Å². The molecule has 1 aromatic heterocycles. The first-order valence-electron chi connectivity index (χ1n) is 9.84. The Balaban J connectivity index is 1.57. The van der Waals surface area contributed by atoms with Gasteiger partial charge in [0.25, 0.3) is 0 Å². The van der Waals surface area contributed by atoms with Gasteiger partial charge in [-0.3, -0.25) is 4.79 Å². The lowest BCUT2D eigenvalue weighted by atomic mass is 9.74. The average Bonchev–Trinajstić information content (AvgIpc) is 3.15. The molecule has 1 atom stereocenters. The number of aryl methyl sites for hydroxylation is 1. The first-order chi connectivity index (χ1) is 13.5. The van der Waals surface area contributed by atoms with Gasteiger partial charge in [-0.05, 0) is 49.4 Å². The number of Topliss-reactive ketones (excluding diaryl/α,β-unsaturated/α-hetero) is 1. The molecule has 5 nitrogen and oxygen atoms in total. The largest absolute Gasteiger partial charge is 0.510 e. The monoisotopic (exact) mass is 396 g/mol. The molecule has 1 aromatic carbocycles. The quantitative estimate of drug-likeness (QED) is 0.825. The normalized spacial score (nSPS) is 20.9. The van der Waals surface area contributed by atoms with Crippen LogP contribution in [0.4, 0.5) is 10.7 Å². The fraction of sp³-hybridized carbons (Fsp3) is 0.409. The van der Waals surface area contributed by atoms with Gasteiger partial charge in [0.1, 0.15) is 17.4 Å². The minimum atomic E-state index is -0.737. The fourth-order valence-electron chi connectivity index (χ4n) is 4.79. The molecule has 2 N–H and O–H groups in total. The van der Waals surface area contributed by atoms with E-state index in [1.165, 1.54) is 22.6 Å². The van der Waals surface area contributed by atoms with Crippen molar-refractivity contribution in [3.8, 4) is 5.75 Å². The Morgan fingerprint density at radius 2 is 1.89 bits per heavy atom. The summed E-state index contributed by atoms with van der Waals surface area (Å²) >= 11 is 1.49. The van der Waals surface area contributed by atoms with Gasteiger partial charge in [0.2, 0.25) is 0 Å². The highest BCUT2D eigenvalue weighted by molar-refractivity contribution is 7.17. The van der Waals surface area contributed by atoms with E-state index in [1.54, 1.807) is 0 Å². The minimum Gasteiger partial charge on any atom is -0.510 e. The van der Waals surface area contributed by atoms with E-state index in [0.29, 0.717) is 11.1 Å². The lowest BCUT2D eigenvalue weighted by Gasteiger charge is -2.38. The van der Waals surface area contributed by atoms with Crippen LogP contribution in [0.25, 0.3) is 5.57 Å². The summed E-state index contributed by atoms with van der Waals surface area (Å²) in [6.07, 6.45) is 3.89. The summed E-state index contributed by atoms with van der Waals surface area (Å²) in [6, 6.07) is 5.80. The third-order valence-corrected chi connectivity index (χ3v) is 7.42. The summed E-state index contributed by atoms with van der Waals surface area (Å²) in [5.41, 5.74) is 4.30. The van der Waals surface area contributed by atoms with E-state index in [9.17, 15) is 15.0 Å². The van der Waals surface area contributed by atoms with Crippen molar-refractivity contribution in [2.45, 2.75) is 31.6 Å². The highest BCUT2D eigenvalue weighted by Crippen LogP contribution is 2.51. The minimum absolute atomic E-state index is 0.0862. The van der Waals surface area contributed by atoms with Crippen LogP contribution in [0.2, 0.25) is 0 Å². The Labute approximate surface area is 168 Å². The van der Waals surface area contributed by atoms with E-state index < -0.39 is 5.92 Å². The number of anilines is 2. The lowest BCUT2D eigenvalue weighted by molar-refractivity contribution is -0.116. The van der Waals surface area contributed by atoms with Crippen molar-refractivity contribution >= 4 is 33.4 Å². The van der Waals surface area contributed by atoms with Crippen molar-refractivity contribution in [3.05, 3.63) is 45.5 Å². The van der Waals surface area contributed by atoms with Gasteiger partial charge in [-0.15, -0.1) is 11.3 Å². The number of aliphatic hydroxyl groups is 1. The summed E-state index contributed by atoms with van der Waals surface area (Å²) in [4.78, 5) is 18.1. The number of allylic oxidation sites excluding steroid dienone is 2. The van der Waals surface area contributed by atoms with Crippen LogP contribution in [-0.2, 0) is 17.6 Å². The van der Waals surface area contributed by atoms with E-state index in [4.69, 9.17) is 0 Å². The molecule has 0 fully saturated rings. The first-order valence-corrected chi connectivity index (χ1v) is 10.7. The number of phenolic OH excluding ortho intramolecular Hbond substituents is 1. The molecule has 1 aliphatic carbocycles. The zero-order chi connectivity index (χ0) is 19.6. The molecule has 3 aliphatic rings. The number of benzene rings is 1. The molecule has 2 aromatic rings. The third kappa shape index (κ3) is 2.40. The molecule has 0 saturated heterocycles. The molecule has 0 amide bonds. The number of phenols is 1. The van der Waals surface area contributed by atoms with Gasteiger partial charge in [0, 0.05) is 48.9 Å². The second kappa shape index (κ2) is 6.27. The van der Waals surface area contributed by atoms with Crippen LogP contribution < -0.4 is 9.80 Å². The molecule has 0 bridgehead atoms. The van der Waals surface area contributed by atoms with Crippen molar-refractivity contribution in [1.29, 1.82) is 0 Å². The van der Waals surface area contributed by atoms with Gasteiger partial charge < -0.3 is 20.0 Å². The fourth-order valence-corrected chi connectivity index (χ4v) is 5.78. The Bertz CT molecular complexity index is 1020. The number of nitrogens with zero attached hydrogens (tertiary/aromatic N) is 2. The van der Waals surface area contributed by atoms with Crippen LogP contribution in [0.1, 0.15) is 40.3 Å². The maximum atomic E-state index is 13.0. The summed E-state index contributed by atoms with van der Waals surface area (Å²) in [5.74, 6) is -0.549. The topological polar surface area (TPSA) is 64.0 Å². The number of aromatic hydroxyl groups is 1. The average molecular weight is 397 g/mol. The molecule has 0 saturated carbocycles. The van der Waals surface area contributed by atoms with Gasteiger partial charge >= 0.3 is 0 Å². The van der Waals surface area contributed by atoms with Gasteiger partial charge in [-0.2, -0.15) is 0 Å². The lowest BCUT2D eigenvalue weighted by Crippen LogP contribution is -2.35. The van der Waals surface area contributed by atoms with Crippen LogP contribution in [-0.4, -0.2) is 43.2 Å². The van der Waals surface area contributed by atoms with Crippen LogP contribution >= 0.6 is 11.3 Å². The summed E-state index contributed by atoms with van der Waals surface area (Å²) in [6.45, 7) is 2.06. The van der Waals surface area contributed by atoms with E-state index in [0.717, 1.165) is 54.2 Å². The van der Waals surface area contributed by atoms with Gasteiger partial charge in [0.05, 0.1) is 10.6 Å². The Morgan fingerprint density at radius 1 is 1.14 bits per heavy atom. The van der Waals surface area contributed by atoms with Crippen molar-refractivity contribution in [2.24, 2.45) is 0 Å². The first kappa shape index (κ1) is 17.6. The van der Waals surface area contributed by atoms with Crippen LogP contribution in [0.15, 0.2) is 24.0 Å². The van der Waals surface area contributed by atoms with Crippen LogP contribution in [0, 0.1) is 0 Å². The standard InChI is InChI=1S/C22H24N2O3S/c1-23(2)16-8-7-15(28-16)18-21(26)17(22(18)27)14-11-12-5-3-9-24-10-4-6-13(19(12)24)20(14)25/h7-8,11,17,25-26H,3-6,9-10H2,1-2H3. The molecule has 28 heavy (non-hydrogen) atoms. The van der Waals surface area contributed by atoms with E-state index in [2.05, 4.69) is 4.90 Å². The van der Waals surface area contributed by atoms with Crippen molar-refractivity contribution in [1.82, 2.24) is 0 Å². The molecule has 0 spiro atoms. The Kier molecular flexibility index (Phi) is 3.95. The van der Waals surface area contributed by atoms with Crippen LogP contribution in [0.3, 0.4) is 0 Å². The predicted molar refractivity (Wildman–Crippen MR) is 113 cm³/mol. The van der Waals surface area contributed by atoms with Crippen molar-refractivity contribution in [3.63, 3.8) is 0 Å². The predicted octanol–water partition coefficient (Wildman–Crippen LogP) is 3.85. The summed E-state index contributed by atoms with van der Waals surface area (Å²) in [7, 11) is 3.91. The zero-order valence-electron chi connectivity index (χ0n) is 16.2. The number of hydrogen-bond donors (Lipinski definition) is 2. The summed E-state index contributed by atoms with van der Waals surface area (Å²) in [5, 5.41) is 22.8. The van der Waals surface area contributed by atoms with Gasteiger partial charge in [0.15, 0.2) is 5.78 Å². The second-order valence-electron chi connectivity index (χ2n) is 8.08. The SMILES string of the molecule is CN(C)c1ccc(C2=C(O)C(c3cc4c5c(c3O)CCCN5CCC4)C2=O)s1. The molecule has 6 heteroatoms. The Morgan fingerprint density at radius 3 is 2.57 bits per heavy atom. The molecule has 2 aliphatic heterocycles. The van der Waals surface area contributed by atoms with Crippen LogP contribution in [0.5, 0.6) is 5.75 Å². The Hall–Kier alpha value is -2.47. The molecule has 1 unspecified atom stereocenters. The number of aliphatic hydroxyl groups excluding tert-OH is 1. The highest BCUT2D eigenvalue weighted by atomic mass is 32.1. The highest BCUT2D eigenvalue weighted by Gasteiger charge is 2.44. The van der Waals surface area contributed by atoms with E-state index in [1.807, 2.05) is 37.2 Å². The van der Waals surface area contributed by atoms with Gasteiger partial charge in [-0.25, -0.2) is 0 Å².